The summed E-state index contributed by atoms with van der Waals surface area (Å²) in [5.41, 5.74) is 0. The van der Waals surface area contributed by atoms with Gasteiger partial charge in [0.1, 0.15) is 6.54 Å². The molecule has 1 aliphatic heterocycles. The van der Waals surface area contributed by atoms with Gasteiger partial charge in [-0.25, -0.2) is 0 Å². The van der Waals surface area contributed by atoms with Gasteiger partial charge in [-0.15, -0.1) is 0 Å². The molecule has 19 heavy (non-hydrogen) atoms. The molecule has 0 aromatic carbocycles. The van der Waals surface area contributed by atoms with Crippen LogP contribution in [0.3, 0.4) is 0 Å². The Morgan fingerprint density at radius 2 is 2.11 bits per heavy atom. The predicted molar refractivity (Wildman–Crippen MR) is 59.1 cm³/mol. The fraction of sp³-hybridized carbons (Fsp3) is 0.800. The van der Waals surface area contributed by atoms with Crippen molar-refractivity contribution < 1.29 is 27.9 Å². The van der Waals surface area contributed by atoms with E-state index in [1.165, 1.54) is 7.05 Å². The third-order valence-electron chi connectivity index (χ3n) is 2.65. The second-order valence-corrected chi connectivity index (χ2v) is 4.44. The minimum absolute atomic E-state index is 0.230. The number of aliphatic hydroxyl groups excluding tert-OH is 1. The highest BCUT2D eigenvalue weighted by Crippen LogP contribution is 2.12. The van der Waals surface area contributed by atoms with Crippen LogP contribution in [-0.4, -0.2) is 66.8 Å². The summed E-state index contributed by atoms with van der Waals surface area (Å²) in [7, 11) is 1.32. The van der Waals surface area contributed by atoms with E-state index in [9.17, 15) is 27.9 Å². The van der Waals surface area contributed by atoms with E-state index in [0.29, 0.717) is 0 Å². The van der Waals surface area contributed by atoms with Crippen LogP contribution in [0.25, 0.3) is 0 Å². The van der Waals surface area contributed by atoms with Crippen molar-refractivity contribution in [3.8, 4) is 0 Å². The molecule has 0 saturated carbocycles. The molecule has 1 saturated heterocycles. The Bertz CT molecular complexity index is 349. The van der Waals surface area contributed by atoms with Gasteiger partial charge in [0.2, 0.25) is 11.8 Å². The Morgan fingerprint density at radius 1 is 1.47 bits per heavy atom. The summed E-state index contributed by atoms with van der Waals surface area (Å²) in [6, 6.07) is -0.601. The fourth-order valence-electron chi connectivity index (χ4n) is 1.72. The molecule has 2 unspecified atom stereocenters. The first-order valence-electron chi connectivity index (χ1n) is 5.69. The van der Waals surface area contributed by atoms with Gasteiger partial charge < -0.3 is 20.6 Å². The summed E-state index contributed by atoms with van der Waals surface area (Å²) >= 11 is 0. The van der Waals surface area contributed by atoms with Gasteiger partial charge in [0.25, 0.3) is 0 Å². The molecule has 6 nitrogen and oxygen atoms in total. The molecule has 1 aliphatic rings. The smallest absolute Gasteiger partial charge is 0.392 e. The number of aliphatic hydroxyl groups is 1. The Balaban J connectivity index is 2.35. The maximum Gasteiger partial charge on any atom is 0.405 e. The van der Waals surface area contributed by atoms with Crippen molar-refractivity contribution in [2.45, 2.75) is 24.7 Å². The maximum atomic E-state index is 11.9. The summed E-state index contributed by atoms with van der Waals surface area (Å²) in [6.45, 7) is -1.60. The van der Waals surface area contributed by atoms with Gasteiger partial charge in [-0.05, 0) is 6.42 Å². The van der Waals surface area contributed by atoms with E-state index >= 15 is 0 Å². The molecule has 0 bridgehead atoms. The normalized spacial score (nSPS) is 23.2. The molecule has 0 radical (unpaired) electrons. The Kier molecular flexibility index (Phi) is 5.12. The van der Waals surface area contributed by atoms with Crippen LogP contribution in [0.15, 0.2) is 0 Å². The third-order valence-corrected chi connectivity index (χ3v) is 2.65. The van der Waals surface area contributed by atoms with Gasteiger partial charge in [0, 0.05) is 13.6 Å². The standard InChI is InChI=1S/C10H16F3N3O3/c1-16(4-8(18)15-5-10(11,12)13)9(19)7-2-6(17)3-14-7/h6-7,14,17H,2-5H2,1H3,(H,15,18). The molecule has 2 atom stereocenters. The minimum atomic E-state index is -4.48. The van der Waals surface area contributed by atoms with E-state index in [0.717, 1.165) is 4.90 Å². The molecule has 1 heterocycles. The van der Waals surface area contributed by atoms with E-state index in [1.54, 1.807) is 5.32 Å². The lowest BCUT2D eigenvalue weighted by atomic mass is 10.2. The number of nitrogens with zero attached hydrogens (tertiary/aromatic N) is 1. The minimum Gasteiger partial charge on any atom is -0.392 e. The van der Waals surface area contributed by atoms with E-state index < -0.39 is 43.2 Å². The number of alkyl halides is 3. The van der Waals surface area contributed by atoms with Gasteiger partial charge >= 0.3 is 6.18 Å². The average Bonchev–Trinajstić information content (AvgIpc) is 2.71. The highest BCUT2D eigenvalue weighted by Gasteiger charge is 2.31. The highest BCUT2D eigenvalue weighted by molar-refractivity contribution is 5.87. The molecule has 9 heteroatoms. The summed E-state index contributed by atoms with van der Waals surface area (Å²) in [4.78, 5) is 24.0. The number of amides is 2. The molecular formula is C10H16F3N3O3. The van der Waals surface area contributed by atoms with Crippen molar-refractivity contribution >= 4 is 11.8 Å². The zero-order valence-corrected chi connectivity index (χ0v) is 10.3. The van der Waals surface area contributed by atoms with Crippen LogP contribution in [0.1, 0.15) is 6.42 Å². The zero-order valence-electron chi connectivity index (χ0n) is 10.3. The summed E-state index contributed by atoms with van der Waals surface area (Å²) in [5.74, 6) is -1.31. The Labute approximate surface area is 107 Å². The lowest BCUT2D eigenvalue weighted by Crippen LogP contribution is -2.46. The molecular weight excluding hydrogens is 267 g/mol. The van der Waals surface area contributed by atoms with Crippen LogP contribution in [0, 0.1) is 0 Å². The van der Waals surface area contributed by atoms with Gasteiger partial charge in [0.05, 0.1) is 18.7 Å². The monoisotopic (exact) mass is 283 g/mol. The largest absolute Gasteiger partial charge is 0.405 e. The van der Waals surface area contributed by atoms with Crippen molar-refractivity contribution in [3.05, 3.63) is 0 Å². The lowest BCUT2D eigenvalue weighted by molar-refractivity contribution is -0.142. The number of nitrogens with one attached hydrogen (secondary N) is 2. The Morgan fingerprint density at radius 3 is 2.58 bits per heavy atom. The average molecular weight is 283 g/mol. The van der Waals surface area contributed by atoms with Gasteiger partial charge in [-0.1, -0.05) is 0 Å². The number of halogens is 3. The first-order chi connectivity index (χ1) is 8.69. The molecule has 110 valence electrons. The predicted octanol–water partition coefficient (Wildman–Crippen LogP) is -1.15. The van der Waals surface area contributed by atoms with Crippen molar-refractivity contribution in [2.75, 3.05) is 26.7 Å². The summed E-state index contributed by atoms with van der Waals surface area (Å²) in [5, 5.41) is 13.7. The van der Waals surface area contributed by atoms with Crippen molar-refractivity contribution in [1.29, 1.82) is 0 Å². The molecule has 0 aliphatic carbocycles. The first-order valence-corrected chi connectivity index (χ1v) is 5.69. The number of rotatable bonds is 4. The number of likely N-dealkylation sites (N-methyl/N-ethyl adjacent to an activating group) is 1. The lowest BCUT2D eigenvalue weighted by Gasteiger charge is -2.20. The Hall–Kier alpha value is -1.35. The third kappa shape index (κ3) is 5.43. The number of carbonyl (C=O) groups is 2. The van der Waals surface area contributed by atoms with Gasteiger partial charge in [-0.3, -0.25) is 9.59 Å². The highest BCUT2D eigenvalue weighted by atomic mass is 19.4. The van der Waals surface area contributed by atoms with Gasteiger partial charge in [0.15, 0.2) is 0 Å². The van der Waals surface area contributed by atoms with E-state index in [4.69, 9.17) is 0 Å². The molecule has 2 amide bonds. The van der Waals surface area contributed by atoms with Crippen LogP contribution < -0.4 is 10.6 Å². The zero-order chi connectivity index (χ0) is 14.6. The van der Waals surface area contributed by atoms with Crippen LogP contribution in [0.2, 0.25) is 0 Å². The number of hydrogen-bond acceptors (Lipinski definition) is 4. The number of carbonyl (C=O) groups excluding carboxylic acids is 2. The summed E-state index contributed by atoms with van der Waals surface area (Å²) in [6.07, 6.45) is -4.87. The first kappa shape index (κ1) is 15.7. The van der Waals surface area contributed by atoms with Crippen LogP contribution in [0.5, 0.6) is 0 Å². The van der Waals surface area contributed by atoms with Crippen molar-refractivity contribution in [1.82, 2.24) is 15.5 Å². The molecule has 0 aromatic heterocycles. The molecule has 3 N–H and O–H groups in total. The SMILES string of the molecule is CN(CC(=O)NCC(F)(F)F)C(=O)C1CC(O)CN1. The van der Waals surface area contributed by atoms with Crippen molar-refractivity contribution in [2.24, 2.45) is 0 Å². The molecule has 0 aromatic rings. The quantitative estimate of drug-likeness (QED) is 0.608. The van der Waals surface area contributed by atoms with E-state index in [1.807, 2.05) is 0 Å². The number of hydrogen-bond donors (Lipinski definition) is 3. The molecule has 1 rings (SSSR count). The van der Waals surface area contributed by atoms with Crippen LogP contribution >= 0.6 is 0 Å². The molecule has 0 spiro atoms. The van der Waals surface area contributed by atoms with E-state index in [2.05, 4.69) is 5.32 Å². The molecule has 1 fully saturated rings. The van der Waals surface area contributed by atoms with Gasteiger partial charge in [-0.2, -0.15) is 13.2 Å². The van der Waals surface area contributed by atoms with E-state index in [-0.39, 0.29) is 13.0 Å². The second-order valence-electron chi connectivity index (χ2n) is 4.44. The fourth-order valence-corrected chi connectivity index (χ4v) is 1.72. The van der Waals surface area contributed by atoms with Crippen LogP contribution in [0.4, 0.5) is 13.2 Å². The number of β-amino-alcohol motifs (C(OH)–C–C–N with tert-alkyl or cyclic N) is 1. The topological polar surface area (TPSA) is 81.7 Å². The van der Waals surface area contributed by atoms with Crippen molar-refractivity contribution in [3.63, 3.8) is 0 Å². The van der Waals surface area contributed by atoms with Crippen LogP contribution in [-0.2, 0) is 9.59 Å². The summed E-state index contributed by atoms with van der Waals surface area (Å²) < 4.78 is 35.6. The second kappa shape index (κ2) is 6.20. The maximum absolute atomic E-state index is 11.9.